The number of rotatable bonds is 2. The first kappa shape index (κ1) is 14.8. The lowest BCUT2D eigenvalue weighted by Crippen LogP contribution is -2.45. The fourth-order valence-electron chi connectivity index (χ4n) is 4.44. The maximum absolute atomic E-state index is 13.5. The number of allylic oxidation sites excluding steroid dienone is 2. The van der Waals surface area contributed by atoms with E-state index in [9.17, 15) is 8.42 Å². The van der Waals surface area contributed by atoms with E-state index in [1.54, 1.807) is 12.1 Å². The number of aryl methyl sites for hydroxylation is 1. The lowest BCUT2D eigenvalue weighted by Gasteiger charge is -2.31. The molecule has 4 nitrogen and oxygen atoms in total. The third-order valence-electron chi connectivity index (χ3n) is 5.46. The molecule has 23 heavy (non-hydrogen) atoms. The van der Waals surface area contributed by atoms with E-state index >= 15 is 0 Å². The van der Waals surface area contributed by atoms with Crippen LogP contribution in [0.1, 0.15) is 19.4 Å². The van der Waals surface area contributed by atoms with Crippen LogP contribution in [-0.2, 0) is 9.84 Å². The summed E-state index contributed by atoms with van der Waals surface area (Å²) in [5.74, 6) is -0.103. The molecule has 0 radical (unpaired) electrons. The van der Waals surface area contributed by atoms with Gasteiger partial charge in [0.15, 0.2) is 0 Å². The highest BCUT2D eigenvalue weighted by Crippen LogP contribution is 2.62. The van der Waals surface area contributed by atoms with Gasteiger partial charge in [0, 0.05) is 17.8 Å². The van der Waals surface area contributed by atoms with Gasteiger partial charge in [-0.2, -0.15) is 10.2 Å². The van der Waals surface area contributed by atoms with Gasteiger partial charge in [-0.15, -0.1) is 0 Å². The maximum Gasteiger partial charge on any atom is 0.207 e. The number of benzene rings is 1. The van der Waals surface area contributed by atoms with Crippen LogP contribution >= 0.6 is 0 Å². The molecule has 4 atom stereocenters. The molecule has 0 unspecified atom stereocenters. The van der Waals surface area contributed by atoms with Gasteiger partial charge < -0.3 is 0 Å². The zero-order valence-corrected chi connectivity index (χ0v) is 14.3. The smallest absolute Gasteiger partial charge is 0.207 e. The van der Waals surface area contributed by atoms with Crippen molar-refractivity contribution in [2.45, 2.75) is 30.5 Å². The quantitative estimate of drug-likeness (QED) is 0.777. The number of sulfone groups is 1. The van der Waals surface area contributed by atoms with Gasteiger partial charge in [-0.05, 0) is 32.9 Å². The summed E-state index contributed by atoms with van der Waals surface area (Å²) in [5.41, 5.74) is 3.47. The van der Waals surface area contributed by atoms with Crippen molar-refractivity contribution < 1.29 is 8.42 Å². The largest absolute Gasteiger partial charge is 0.221 e. The standard InChI is InChI=1S/C18H20N2O2S/c1-11(2)17-14-8-9-15(17)18(16(14)10-19-20-18)23(21,22)13-6-4-12(3)5-7-13/h4-9,14-16H,10H2,1-3H3/t14-,15-,16-,18-/m1/s1. The Morgan fingerprint density at radius 3 is 2.52 bits per heavy atom. The van der Waals surface area contributed by atoms with Crippen LogP contribution in [-0.4, -0.2) is 19.8 Å². The summed E-state index contributed by atoms with van der Waals surface area (Å²) in [6, 6.07) is 7.08. The van der Waals surface area contributed by atoms with Gasteiger partial charge in [-0.25, -0.2) is 8.42 Å². The molecule has 0 saturated heterocycles. The van der Waals surface area contributed by atoms with Crippen LogP contribution in [0.15, 0.2) is 62.7 Å². The monoisotopic (exact) mass is 328 g/mol. The van der Waals surface area contributed by atoms with Gasteiger partial charge in [-0.3, -0.25) is 0 Å². The van der Waals surface area contributed by atoms with Crippen molar-refractivity contribution in [2.24, 2.45) is 28.0 Å². The first-order valence-electron chi connectivity index (χ1n) is 7.95. The Hall–Kier alpha value is -1.75. The predicted octanol–water partition coefficient (Wildman–Crippen LogP) is 3.70. The molecule has 0 amide bonds. The van der Waals surface area contributed by atoms with E-state index in [0.717, 1.165) is 5.56 Å². The SMILES string of the molecule is CC(C)=C1[C@H]2C=C[C@@H]1[C@H]1CN=N[C@@]21S(=O)(=O)c1ccc(C)cc1. The average molecular weight is 328 g/mol. The van der Waals surface area contributed by atoms with E-state index in [-0.39, 0.29) is 17.8 Å². The fourth-order valence-corrected chi connectivity index (χ4v) is 6.63. The number of fused-ring (bicyclic) bond motifs is 5. The Labute approximate surface area is 136 Å². The zero-order valence-electron chi connectivity index (χ0n) is 13.5. The normalized spacial score (nSPS) is 34.2. The van der Waals surface area contributed by atoms with Crippen molar-refractivity contribution in [1.82, 2.24) is 0 Å². The minimum atomic E-state index is -3.60. The van der Waals surface area contributed by atoms with Gasteiger partial charge in [0.05, 0.1) is 11.4 Å². The third kappa shape index (κ3) is 1.69. The molecule has 5 heteroatoms. The minimum absolute atomic E-state index is 0.0753. The van der Waals surface area contributed by atoms with Crippen molar-refractivity contribution >= 4 is 9.84 Å². The van der Waals surface area contributed by atoms with Gasteiger partial charge in [-0.1, -0.05) is 41.0 Å². The van der Waals surface area contributed by atoms with E-state index in [0.29, 0.717) is 11.4 Å². The highest BCUT2D eigenvalue weighted by atomic mass is 32.2. The molecule has 1 aromatic rings. The molecule has 1 saturated carbocycles. The van der Waals surface area contributed by atoms with Gasteiger partial charge in [0.1, 0.15) is 0 Å². The molecule has 0 N–H and O–H groups in total. The first-order valence-corrected chi connectivity index (χ1v) is 9.43. The number of nitrogens with zero attached hydrogens (tertiary/aromatic N) is 2. The summed E-state index contributed by atoms with van der Waals surface area (Å²) in [6.45, 7) is 6.57. The van der Waals surface area contributed by atoms with E-state index in [2.05, 4.69) is 30.2 Å². The Kier molecular flexibility index (Phi) is 2.98. The zero-order chi connectivity index (χ0) is 16.4. The lowest BCUT2D eigenvalue weighted by atomic mass is 9.89. The molecular weight excluding hydrogens is 308 g/mol. The fraction of sp³-hybridized carbons (Fsp3) is 0.444. The Balaban J connectivity index is 1.93. The molecule has 1 fully saturated rings. The summed E-state index contributed by atoms with van der Waals surface area (Å²) in [4.78, 5) is -0.795. The van der Waals surface area contributed by atoms with Crippen molar-refractivity contribution in [3.63, 3.8) is 0 Å². The third-order valence-corrected chi connectivity index (χ3v) is 7.85. The number of azo groups is 1. The molecule has 0 spiro atoms. The van der Waals surface area contributed by atoms with Gasteiger partial charge in [0.2, 0.25) is 14.7 Å². The van der Waals surface area contributed by atoms with Crippen LogP contribution < -0.4 is 0 Å². The summed E-state index contributed by atoms with van der Waals surface area (Å²) in [7, 11) is -3.60. The molecule has 1 aliphatic heterocycles. The highest BCUT2D eigenvalue weighted by Gasteiger charge is 2.68. The van der Waals surface area contributed by atoms with E-state index in [4.69, 9.17) is 0 Å². The van der Waals surface area contributed by atoms with Crippen LogP contribution in [0.4, 0.5) is 0 Å². The Morgan fingerprint density at radius 2 is 1.87 bits per heavy atom. The second-order valence-electron chi connectivity index (χ2n) is 6.94. The van der Waals surface area contributed by atoms with E-state index in [1.807, 2.05) is 25.1 Å². The second-order valence-corrected chi connectivity index (χ2v) is 9.07. The summed E-state index contributed by atoms with van der Waals surface area (Å²) < 4.78 is 27.0. The molecular formula is C18H20N2O2S. The molecule has 2 aliphatic carbocycles. The van der Waals surface area contributed by atoms with Gasteiger partial charge in [0.25, 0.3) is 0 Å². The summed E-state index contributed by atoms with van der Waals surface area (Å²) in [6.07, 6.45) is 4.18. The summed E-state index contributed by atoms with van der Waals surface area (Å²) in [5, 5.41) is 8.53. The van der Waals surface area contributed by atoms with Crippen LogP contribution in [0.25, 0.3) is 0 Å². The van der Waals surface area contributed by atoms with Gasteiger partial charge >= 0.3 is 0 Å². The molecule has 4 rings (SSSR count). The maximum atomic E-state index is 13.5. The molecule has 1 aromatic carbocycles. The summed E-state index contributed by atoms with van der Waals surface area (Å²) >= 11 is 0. The number of hydrogen-bond donors (Lipinski definition) is 0. The van der Waals surface area contributed by atoms with Crippen molar-refractivity contribution in [3.05, 3.63) is 53.1 Å². The molecule has 0 aromatic heterocycles. The highest BCUT2D eigenvalue weighted by molar-refractivity contribution is 7.93. The van der Waals surface area contributed by atoms with Crippen LogP contribution in [0, 0.1) is 24.7 Å². The van der Waals surface area contributed by atoms with Crippen LogP contribution in [0.3, 0.4) is 0 Å². The molecule has 2 bridgehead atoms. The number of hydrogen-bond acceptors (Lipinski definition) is 4. The Bertz CT molecular complexity index is 861. The predicted molar refractivity (Wildman–Crippen MR) is 88.8 cm³/mol. The minimum Gasteiger partial charge on any atom is -0.221 e. The molecule has 3 aliphatic rings. The topological polar surface area (TPSA) is 58.9 Å². The van der Waals surface area contributed by atoms with E-state index in [1.165, 1.54) is 11.1 Å². The molecule has 120 valence electrons. The average Bonchev–Trinajstić information content (AvgIpc) is 3.18. The Morgan fingerprint density at radius 1 is 1.17 bits per heavy atom. The van der Waals surface area contributed by atoms with Crippen LogP contribution in [0.5, 0.6) is 0 Å². The van der Waals surface area contributed by atoms with Crippen molar-refractivity contribution in [2.75, 3.05) is 6.54 Å². The van der Waals surface area contributed by atoms with Crippen LogP contribution in [0.2, 0.25) is 0 Å². The molecule has 1 heterocycles. The first-order chi connectivity index (χ1) is 10.9. The van der Waals surface area contributed by atoms with E-state index < -0.39 is 14.7 Å². The van der Waals surface area contributed by atoms with Crippen molar-refractivity contribution in [3.8, 4) is 0 Å². The van der Waals surface area contributed by atoms with Crippen molar-refractivity contribution in [1.29, 1.82) is 0 Å². The lowest BCUT2D eigenvalue weighted by molar-refractivity contribution is 0.385. The second kappa shape index (κ2) is 4.63.